The Kier molecular flexibility index (Phi) is 4.90. The molecule has 0 aliphatic heterocycles. The summed E-state index contributed by atoms with van der Waals surface area (Å²) in [5.74, 6) is -0.394. The zero-order chi connectivity index (χ0) is 12.8. The van der Waals surface area contributed by atoms with Crippen LogP contribution in [-0.4, -0.2) is 23.8 Å². The Bertz CT molecular complexity index is 396. The molecule has 0 radical (unpaired) electrons. The average molecular weight is 240 g/mol. The number of carbonyl (C=O) groups excluding carboxylic acids is 1. The van der Waals surface area contributed by atoms with Crippen LogP contribution in [0.5, 0.6) is 0 Å². The summed E-state index contributed by atoms with van der Waals surface area (Å²) in [6.07, 6.45) is 0.482. The molecule has 4 nitrogen and oxygen atoms in total. The quantitative estimate of drug-likeness (QED) is 0.754. The Labute approximate surface area is 99.8 Å². The van der Waals surface area contributed by atoms with E-state index in [0.717, 1.165) is 5.56 Å². The number of amides is 2. The molecule has 0 saturated heterocycles. The highest BCUT2D eigenvalue weighted by Gasteiger charge is 2.08. The van der Waals surface area contributed by atoms with Gasteiger partial charge in [-0.3, -0.25) is 0 Å². The fraction of sp³-hybridized carbons (Fsp3) is 0.417. The highest BCUT2D eigenvalue weighted by molar-refractivity contribution is 5.90. The maximum Gasteiger partial charge on any atom is 0.319 e. The number of aryl methyl sites for hydroxylation is 1. The first kappa shape index (κ1) is 13.4. The monoisotopic (exact) mass is 240 g/mol. The van der Waals surface area contributed by atoms with Crippen molar-refractivity contribution in [3.63, 3.8) is 0 Å². The third-order valence-electron chi connectivity index (χ3n) is 2.39. The number of urea groups is 1. The fourth-order valence-corrected chi connectivity index (χ4v) is 1.38. The van der Waals surface area contributed by atoms with Gasteiger partial charge in [-0.1, -0.05) is 6.07 Å². The highest BCUT2D eigenvalue weighted by Crippen LogP contribution is 2.15. The molecule has 1 rings (SSSR count). The molecule has 3 N–H and O–H groups in total. The van der Waals surface area contributed by atoms with Crippen molar-refractivity contribution in [2.45, 2.75) is 26.3 Å². The van der Waals surface area contributed by atoms with Crippen molar-refractivity contribution in [1.82, 2.24) is 5.32 Å². The zero-order valence-corrected chi connectivity index (χ0v) is 9.96. The molecule has 5 heteroatoms. The average Bonchev–Trinajstić information content (AvgIpc) is 2.23. The molecule has 94 valence electrons. The van der Waals surface area contributed by atoms with Gasteiger partial charge in [0, 0.05) is 18.3 Å². The van der Waals surface area contributed by atoms with Crippen LogP contribution in [0.3, 0.4) is 0 Å². The molecule has 1 atom stereocenters. The normalized spacial score (nSPS) is 12.0. The first-order chi connectivity index (χ1) is 8.02. The number of halogens is 1. The molecule has 0 aliphatic rings. The highest BCUT2D eigenvalue weighted by atomic mass is 19.1. The Balaban J connectivity index is 2.58. The van der Waals surface area contributed by atoms with Crippen LogP contribution in [-0.2, 0) is 0 Å². The van der Waals surface area contributed by atoms with E-state index in [-0.39, 0.29) is 12.6 Å². The van der Waals surface area contributed by atoms with Gasteiger partial charge in [0.15, 0.2) is 0 Å². The zero-order valence-electron chi connectivity index (χ0n) is 9.96. The van der Waals surface area contributed by atoms with E-state index in [1.165, 1.54) is 12.1 Å². The summed E-state index contributed by atoms with van der Waals surface area (Å²) in [5, 5.41) is 13.9. The van der Waals surface area contributed by atoms with E-state index in [4.69, 9.17) is 5.11 Å². The van der Waals surface area contributed by atoms with E-state index in [9.17, 15) is 9.18 Å². The number of hydrogen-bond acceptors (Lipinski definition) is 2. The van der Waals surface area contributed by atoms with Gasteiger partial charge in [0.1, 0.15) is 5.82 Å². The molecule has 17 heavy (non-hydrogen) atoms. The van der Waals surface area contributed by atoms with Crippen LogP contribution in [0.15, 0.2) is 18.2 Å². The number of benzene rings is 1. The van der Waals surface area contributed by atoms with Gasteiger partial charge >= 0.3 is 6.03 Å². The number of rotatable bonds is 4. The minimum Gasteiger partial charge on any atom is -0.396 e. The van der Waals surface area contributed by atoms with Crippen molar-refractivity contribution in [3.8, 4) is 0 Å². The van der Waals surface area contributed by atoms with Crippen molar-refractivity contribution >= 4 is 11.7 Å². The van der Waals surface area contributed by atoms with Crippen LogP contribution >= 0.6 is 0 Å². The van der Waals surface area contributed by atoms with Crippen molar-refractivity contribution in [2.75, 3.05) is 11.9 Å². The molecular weight excluding hydrogens is 223 g/mol. The fourth-order valence-electron chi connectivity index (χ4n) is 1.38. The summed E-state index contributed by atoms with van der Waals surface area (Å²) in [5.41, 5.74) is 1.23. The molecule has 0 unspecified atom stereocenters. The van der Waals surface area contributed by atoms with Gasteiger partial charge < -0.3 is 15.7 Å². The first-order valence-corrected chi connectivity index (χ1v) is 5.47. The lowest BCUT2D eigenvalue weighted by atomic mass is 10.2. The van der Waals surface area contributed by atoms with Gasteiger partial charge in [-0.05, 0) is 38.0 Å². The van der Waals surface area contributed by atoms with Gasteiger partial charge in [-0.2, -0.15) is 0 Å². The molecule has 0 heterocycles. The van der Waals surface area contributed by atoms with Crippen molar-refractivity contribution < 1.29 is 14.3 Å². The van der Waals surface area contributed by atoms with E-state index < -0.39 is 11.8 Å². The number of anilines is 1. The lowest BCUT2D eigenvalue weighted by Crippen LogP contribution is -2.36. The molecule has 0 bridgehead atoms. The summed E-state index contributed by atoms with van der Waals surface area (Å²) in [7, 11) is 0. The first-order valence-electron chi connectivity index (χ1n) is 5.47. The van der Waals surface area contributed by atoms with Crippen molar-refractivity contribution in [1.29, 1.82) is 0 Å². The SMILES string of the molecule is Cc1ccc(F)cc1NC(=O)N[C@H](C)CCO. The smallest absolute Gasteiger partial charge is 0.319 e. The maximum absolute atomic E-state index is 13.0. The Morgan fingerprint density at radius 1 is 1.53 bits per heavy atom. The second-order valence-corrected chi connectivity index (χ2v) is 3.97. The number of aliphatic hydroxyl groups excluding tert-OH is 1. The molecule has 0 aliphatic carbocycles. The van der Waals surface area contributed by atoms with E-state index in [1.54, 1.807) is 19.9 Å². The van der Waals surface area contributed by atoms with E-state index in [0.29, 0.717) is 12.1 Å². The van der Waals surface area contributed by atoms with Gasteiger partial charge in [0.05, 0.1) is 0 Å². The summed E-state index contributed by atoms with van der Waals surface area (Å²) < 4.78 is 13.0. The number of carbonyl (C=O) groups is 1. The van der Waals surface area contributed by atoms with Gasteiger partial charge in [0.25, 0.3) is 0 Å². The molecule has 0 fully saturated rings. The van der Waals surface area contributed by atoms with Crippen LogP contribution in [0.1, 0.15) is 18.9 Å². The summed E-state index contributed by atoms with van der Waals surface area (Å²) in [6, 6.07) is 3.68. The van der Waals surface area contributed by atoms with Gasteiger partial charge in [-0.25, -0.2) is 9.18 Å². The molecule has 1 aromatic rings. The molecule has 0 saturated carbocycles. The maximum atomic E-state index is 13.0. The van der Waals surface area contributed by atoms with Crippen molar-refractivity contribution in [2.24, 2.45) is 0 Å². The number of hydrogen-bond donors (Lipinski definition) is 3. The van der Waals surface area contributed by atoms with Crippen LogP contribution in [0, 0.1) is 12.7 Å². The minimum atomic E-state index is -0.403. The predicted octanol–water partition coefficient (Wildman–Crippen LogP) is 2.03. The second-order valence-electron chi connectivity index (χ2n) is 3.97. The Morgan fingerprint density at radius 2 is 2.24 bits per heavy atom. The Morgan fingerprint density at radius 3 is 2.88 bits per heavy atom. The van der Waals surface area contributed by atoms with Gasteiger partial charge in [0.2, 0.25) is 0 Å². The summed E-state index contributed by atoms with van der Waals surface area (Å²) >= 11 is 0. The number of aliphatic hydroxyl groups is 1. The summed E-state index contributed by atoms with van der Waals surface area (Å²) in [6.45, 7) is 3.58. The van der Waals surface area contributed by atoms with E-state index >= 15 is 0 Å². The standard InChI is InChI=1S/C12H17FN2O2/c1-8-3-4-10(13)7-11(8)15-12(17)14-9(2)5-6-16/h3-4,7,9,16H,5-6H2,1-2H3,(H2,14,15,17)/t9-/m1/s1. The molecule has 0 aromatic heterocycles. The summed E-state index contributed by atoms with van der Waals surface area (Å²) in [4.78, 5) is 11.5. The van der Waals surface area contributed by atoms with E-state index in [1.807, 2.05) is 0 Å². The van der Waals surface area contributed by atoms with Crippen LogP contribution in [0.25, 0.3) is 0 Å². The molecule has 2 amide bonds. The predicted molar refractivity (Wildman–Crippen MR) is 64.5 cm³/mol. The minimum absolute atomic E-state index is 0.0143. The van der Waals surface area contributed by atoms with Gasteiger partial charge in [-0.15, -0.1) is 0 Å². The van der Waals surface area contributed by atoms with Crippen LogP contribution in [0.4, 0.5) is 14.9 Å². The third kappa shape index (κ3) is 4.40. The van der Waals surface area contributed by atoms with E-state index in [2.05, 4.69) is 10.6 Å². The largest absolute Gasteiger partial charge is 0.396 e. The van der Waals surface area contributed by atoms with Crippen LogP contribution in [0.2, 0.25) is 0 Å². The lowest BCUT2D eigenvalue weighted by Gasteiger charge is -2.14. The lowest BCUT2D eigenvalue weighted by molar-refractivity contribution is 0.241. The topological polar surface area (TPSA) is 61.4 Å². The Hall–Kier alpha value is -1.62. The molecular formula is C12H17FN2O2. The second kappa shape index (κ2) is 6.20. The van der Waals surface area contributed by atoms with Crippen molar-refractivity contribution in [3.05, 3.63) is 29.6 Å². The molecule has 0 spiro atoms. The van der Waals surface area contributed by atoms with Crippen LogP contribution < -0.4 is 10.6 Å². The molecule has 1 aromatic carbocycles. The third-order valence-corrected chi connectivity index (χ3v) is 2.39. The number of nitrogens with one attached hydrogen (secondary N) is 2.